The summed E-state index contributed by atoms with van der Waals surface area (Å²) < 4.78 is 24.5. The number of piperazine rings is 1. The first-order valence-electron chi connectivity index (χ1n) is 18.9. The molecule has 0 aliphatic carbocycles. The van der Waals surface area contributed by atoms with E-state index in [0.717, 1.165) is 35.1 Å². The number of hydrogen-bond donors (Lipinski definition) is 2. The van der Waals surface area contributed by atoms with Crippen molar-refractivity contribution in [1.82, 2.24) is 34.7 Å². The molecule has 4 atom stereocenters. The molecule has 0 unspecified atom stereocenters. The molecule has 0 radical (unpaired) electrons. The van der Waals surface area contributed by atoms with Gasteiger partial charge in [-0.25, -0.2) is 4.79 Å². The van der Waals surface area contributed by atoms with Gasteiger partial charge >= 0.3 is 12.1 Å². The highest BCUT2D eigenvalue weighted by atomic mass is 16.6. The SMILES string of the molecule is COC(=O)[C@@H]1COCCN1CCn1cc2c(-c3cccc(O[C@H]4C[C@@H](C(=O)N[C@@H](CN)C(=O)N5CCN(C)CC5)N(C(=O)OC(C)(C)C)C4)c3)cccc2n1. The third-order valence-electron chi connectivity index (χ3n) is 10.2. The van der Waals surface area contributed by atoms with Crippen LogP contribution in [-0.4, -0.2) is 163 Å². The number of aromatic nitrogens is 2. The van der Waals surface area contributed by atoms with Gasteiger partial charge in [0.1, 0.15) is 35.6 Å². The molecule has 0 spiro atoms. The van der Waals surface area contributed by atoms with Gasteiger partial charge in [0, 0.05) is 63.8 Å². The Morgan fingerprint density at radius 2 is 1.78 bits per heavy atom. The molecule has 3 aromatic rings. The zero-order valence-electron chi connectivity index (χ0n) is 32.4. The topological polar surface area (TPSA) is 174 Å². The van der Waals surface area contributed by atoms with Crippen LogP contribution in [0.5, 0.6) is 5.75 Å². The average molecular weight is 763 g/mol. The van der Waals surface area contributed by atoms with E-state index in [1.54, 1.807) is 25.7 Å². The number of nitrogens with zero attached hydrogens (tertiary/aromatic N) is 6. The Morgan fingerprint density at radius 1 is 1.02 bits per heavy atom. The highest BCUT2D eigenvalue weighted by Gasteiger charge is 2.44. The molecule has 3 aliphatic rings. The second kappa shape index (κ2) is 17.4. The smallest absolute Gasteiger partial charge is 0.411 e. The molecule has 298 valence electrons. The van der Waals surface area contributed by atoms with Crippen molar-refractivity contribution in [3.63, 3.8) is 0 Å². The minimum absolute atomic E-state index is 0.0712. The molecular formula is C39H54N8O8. The quantitative estimate of drug-likeness (QED) is 0.271. The standard InChI is InChI=1S/C39H54N8O8/c1-39(2,3)55-38(51)47-23-28(21-33(47)35(48)41-32(22-40)36(49)45-14-12-43(4)13-15-45)54-27-9-6-8-26(20-27)29-10-7-11-31-30(29)24-46(42-31)17-16-44-18-19-53-25-34(44)37(50)52-5/h6-11,20,24,28,32-34H,12-19,21-23,25,40H2,1-5H3,(H,41,48)/t28-,32-,33-,34-/m0/s1. The molecule has 3 amide bonds. The van der Waals surface area contributed by atoms with E-state index in [1.165, 1.54) is 12.0 Å². The number of nitrogens with two attached hydrogens (primary N) is 1. The van der Waals surface area contributed by atoms with Crippen LogP contribution in [-0.2, 0) is 35.1 Å². The normalized spacial score (nSPS) is 21.7. The molecule has 6 rings (SSSR count). The van der Waals surface area contributed by atoms with Crippen LogP contribution >= 0.6 is 0 Å². The molecule has 3 N–H and O–H groups in total. The molecule has 55 heavy (non-hydrogen) atoms. The minimum Gasteiger partial charge on any atom is -0.488 e. The molecule has 0 saturated carbocycles. The highest BCUT2D eigenvalue weighted by Crippen LogP contribution is 2.32. The zero-order valence-corrected chi connectivity index (χ0v) is 32.4. The Bertz CT molecular complexity index is 1840. The van der Waals surface area contributed by atoms with Crippen LogP contribution in [0.4, 0.5) is 4.79 Å². The van der Waals surface area contributed by atoms with Crippen molar-refractivity contribution in [1.29, 1.82) is 0 Å². The van der Waals surface area contributed by atoms with Crippen molar-refractivity contribution >= 4 is 34.8 Å². The molecule has 1 aromatic heterocycles. The van der Waals surface area contributed by atoms with Crippen molar-refractivity contribution in [2.75, 3.05) is 79.7 Å². The minimum atomic E-state index is -0.933. The highest BCUT2D eigenvalue weighted by molar-refractivity contribution is 5.95. The lowest BCUT2D eigenvalue weighted by Crippen LogP contribution is -2.58. The van der Waals surface area contributed by atoms with Crippen LogP contribution in [0, 0.1) is 0 Å². The van der Waals surface area contributed by atoms with Gasteiger partial charge in [0.05, 0.1) is 38.9 Å². The summed E-state index contributed by atoms with van der Waals surface area (Å²) in [6, 6.07) is 11.3. The van der Waals surface area contributed by atoms with Crippen molar-refractivity contribution in [3.8, 4) is 16.9 Å². The van der Waals surface area contributed by atoms with Crippen molar-refractivity contribution in [3.05, 3.63) is 48.7 Å². The van der Waals surface area contributed by atoms with Crippen molar-refractivity contribution in [2.45, 2.75) is 63.6 Å². The van der Waals surface area contributed by atoms with Gasteiger partial charge in [0.2, 0.25) is 11.8 Å². The Morgan fingerprint density at radius 3 is 2.51 bits per heavy atom. The summed E-state index contributed by atoms with van der Waals surface area (Å²) in [7, 11) is 3.39. The van der Waals surface area contributed by atoms with Crippen LogP contribution in [0.2, 0.25) is 0 Å². The Balaban J connectivity index is 1.15. The van der Waals surface area contributed by atoms with E-state index < -0.39 is 41.8 Å². The van der Waals surface area contributed by atoms with Crippen molar-refractivity contribution < 1.29 is 38.1 Å². The van der Waals surface area contributed by atoms with Crippen LogP contribution in [0.15, 0.2) is 48.7 Å². The maximum atomic E-state index is 13.8. The number of amides is 3. The average Bonchev–Trinajstić information content (AvgIpc) is 3.80. The number of carbonyl (C=O) groups excluding carboxylic acids is 4. The number of benzene rings is 2. The van der Waals surface area contributed by atoms with E-state index in [2.05, 4.69) is 15.1 Å². The Kier molecular flexibility index (Phi) is 12.6. The lowest BCUT2D eigenvalue weighted by molar-refractivity contribution is -0.153. The maximum absolute atomic E-state index is 13.8. The Hall–Kier alpha value is -4.77. The molecule has 16 nitrogen and oxygen atoms in total. The maximum Gasteiger partial charge on any atom is 0.411 e. The third kappa shape index (κ3) is 9.73. The number of nitrogens with one attached hydrogen (secondary N) is 1. The summed E-state index contributed by atoms with van der Waals surface area (Å²) in [4.78, 5) is 60.2. The van der Waals surface area contributed by atoms with Gasteiger partial charge in [-0.2, -0.15) is 5.10 Å². The number of carbonyl (C=O) groups is 4. The largest absolute Gasteiger partial charge is 0.488 e. The van der Waals surface area contributed by atoms with Gasteiger partial charge in [0.15, 0.2) is 0 Å². The molecule has 3 saturated heterocycles. The molecule has 0 bridgehead atoms. The predicted molar refractivity (Wildman–Crippen MR) is 204 cm³/mol. The van der Waals surface area contributed by atoms with E-state index in [4.69, 9.17) is 29.8 Å². The second-order valence-corrected chi connectivity index (χ2v) is 15.4. The lowest BCUT2D eigenvalue weighted by Gasteiger charge is -2.35. The molecular weight excluding hydrogens is 708 g/mol. The Labute approximate surface area is 321 Å². The zero-order chi connectivity index (χ0) is 39.3. The van der Waals surface area contributed by atoms with E-state index in [-0.39, 0.29) is 31.4 Å². The van der Waals surface area contributed by atoms with Gasteiger partial charge in [-0.15, -0.1) is 0 Å². The summed E-state index contributed by atoms with van der Waals surface area (Å²) in [5.41, 5.74) is 7.91. The molecule has 2 aromatic carbocycles. The second-order valence-electron chi connectivity index (χ2n) is 15.4. The number of methoxy groups -OCH3 is 1. The van der Waals surface area contributed by atoms with E-state index >= 15 is 0 Å². The van der Waals surface area contributed by atoms with Crippen LogP contribution < -0.4 is 15.8 Å². The number of morpholine rings is 1. The number of likely N-dealkylation sites (N-methyl/N-ethyl adjacent to an activating group) is 1. The van der Waals surface area contributed by atoms with Gasteiger partial charge in [-0.1, -0.05) is 24.3 Å². The fraction of sp³-hybridized carbons (Fsp3) is 0.564. The van der Waals surface area contributed by atoms with Gasteiger partial charge in [-0.05, 0) is 57.1 Å². The van der Waals surface area contributed by atoms with Gasteiger partial charge in [0.25, 0.3) is 0 Å². The third-order valence-corrected chi connectivity index (χ3v) is 10.2. The molecule has 3 aliphatic heterocycles. The van der Waals surface area contributed by atoms with Crippen LogP contribution in [0.25, 0.3) is 22.0 Å². The summed E-state index contributed by atoms with van der Waals surface area (Å²) in [5, 5.41) is 8.60. The molecule has 16 heteroatoms. The molecule has 4 heterocycles. The number of hydrogen-bond acceptors (Lipinski definition) is 12. The first-order valence-corrected chi connectivity index (χ1v) is 18.9. The summed E-state index contributed by atoms with van der Waals surface area (Å²) in [6.07, 6.45) is 1.03. The monoisotopic (exact) mass is 762 g/mol. The van der Waals surface area contributed by atoms with Crippen LogP contribution in [0.3, 0.4) is 0 Å². The molecule has 3 fully saturated rings. The van der Waals surface area contributed by atoms with Crippen molar-refractivity contribution in [2.24, 2.45) is 5.73 Å². The van der Waals surface area contributed by atoms with E-state index in [1.807, 2.05) is 60.4 Å². The fourth-order valence-corrected chi connectivity index (χ4v) is 7.27. The number of ether oxygens (including phenoxy) is 4. The number of fused-ring (bicyclic) bond motifs is 1. The first kappa shape index (κ1) is 39.9. The lowest BCUT2D eigenvalue weighted by atomic mass is 10.0. The summed E-state index contributed by atoms with van der Waals surface area (Å²) in [6.45, 7) is 10.6. The fourth-order valence-electron chi connectivity index (χ4n) is 7.27. The predicted octanol–water partition coefficient (Wildman–Crippen LogP) is 1.55. The van der Waals surface area contributed by atoms with Crippen LogP contribution in [0.1, 0.15) is 27.2 Å². The summed E-state index contributed by atoms with van der Waals surface area (Å²) >= 11 is 0. The van der Waals surface area contributed by atoms with E-state index in [9.17, 15) is 19.2 Å². The first-order chi connectivity index (χ1) is 26.3. The van der Waals surface area contributed by atoms with E-state index in [0.29, 0.717) is 51.7 Å². The van der Waals surface area contributed by atoms with Gasteiger partial charge < -0.3 is 39.8 Å². The van der Waals surface area contributed by atoms with Gasteiger partial charge in [-0.3, -0.25) is 28.9 Å². The summed E-state index contributed by atoms with van der Waals surface area (Å²) in [5.74, 6) is -0.456. The number of rotatable bonds is 11. The number of esters is 1. The number of likely N-dealkylation sites (tertiary alicyclic amines) is 1.